The molecule has 0 bridgehead atoms. The molecule has 0 heterocycles. The van der Waals surface area contributed by atoms with Crippen LogP contribution in [-0.2, 0) is 9.53 Å². The van der Waals surface area contributed by atoms with Gasteiger partial charge in [0.1, 0.15) is 11.5 Å². The van der Waals surface area contributed by atoms with Crippen molar-refractivity contribution in [2.75, 3.05) is 7.11 Å². The van der Waals surface area contributed by atoms with Crippen molar-refractivity contribution >= 4 is 35.0 Å². The first-order chi connectivity index (χ1) is 10.0. The highest BCUT2D eigenvalue weighted by molar-refractivity contribution is 6.45. The minimum atomic E-state index is -0.972. The summed E-state index contributed by atoms with van der Waals surface area (Å²) in [4.78, 5) is 22.9. The molecule has 0 aliphatic rings. The van der Waals surface area contributed by atoms with Crippen molar-refractivity contribution in [2.45, 2.75) is 0 Å². The Kier molecular flexibility index (Phi) is 4.83. The molecule has 2 aromatic rings. The Morgan fingerprint density at radius 2 is 1.71 bits per heavy atom. The first-order valence-corrected chi connectivity index (χ1v) is 6.62. The highest BCUT2D eigenvalue weighted by Crippen LogP contribution is 2.28. The quantitative estimate of drug-likeness (QED) is 0.482. The molecule has 0 atom stereocenters. The summed E-state index contributed by atoms with van der Waals surface area (Å²) in [5.41, 5.74) is 0.0574. The van der Waals surface area contributed by atoms with Gasteiger partial charge in [-0.1, -0.05) is 29.3 Å². The van der Waals surface area contributed by atoms with Gasteiger partial charge in [-0.2, -0.15) is 0 Å². The van der Waals surface area contributed by atoms with Crippen LogP contribution < -0.4 is 4.74 Å². The molecule has 0 spiro atoms. The summed E-state index contributed by atoms with van der Waals surface area (Å²) < 4.78 is 9.93. The summed E-state index contributed by atoms with van der Waals surface area (Å²) in [7, 11) is 1.13. The molecule has 21 heavy (non-hydrogen) atoms. The van der Waals surface area contributed by atoms with Crippen molar-refractivity contribution < 1.29 is 19.1 Å². The maximum absolute atomic E-state index is 11.7. The summed E-state index contributed by atoms with van der Waals surface area (Å²) in [5.74, 6) is -0.827. The molecular weight excluding hydrogens is 315 g/mol. The van der Waals surface area contributed by atoms with Gasteiger partial charge in [0.15, 0.2) is 0 Å². The molecule has 4 nitrogen and oxygen atoms in total. The zero-order chi connectivity index (χ0) is 15.4. The number of Topliss-reactive ketones (excluding diaryl/α,β-unsaturated/α-hetero) is 1. The molecule has 0 radical (unpaired) electrons. The molecular formula is C15H10Cl2O4. The van der Waals surface area contributed by atoms with Gasteiger partial charge in [-0.25, -0.2) is 4.79 Å². The van der Waals surface area contributed by atoms with E-state index in [0.717, 1.165) is 7.11 Å². The highest BCUT2D eigenvalue weighted by atomic mass is 35.5. The normalized spacial score (nSPS) is 10.0. The van der Waals surface area contributed by atoms with Crippen LogP contribution in [0, 0.1) is 0 Å². The van der Waals surface area contributed by atoms with E-state index in [1.54, 1.807) is 24.3 Å². The first kappa shape index (κ1) is 15.4. The van der Waals surface area contributed by atoms with Crippen molar-refractivity contribution in [1.82, 2.24) is 0 Å². The van der Waals surface area contributed by atoms with Crippen molar-refractivity contribution in [3.8, 4) is 11.5 Å². The Hall–Kier alpha value is -2.04. The molecule has 0 amide bonds. The van der Waals surface area contributed by atoms with E-state index >= 15 is 0 Å². The number of hydrogen-bond donors (Lipinski definition) is 0. The van der Waals surface area contributed by atoms with E-state index in [1.165, 1.54) is 18.2 Å². The maximum Gasteiger partial charge on any atom is 0.379 e. The average Bonchev–Trinajstić information content (AvgIpc) is 2.46. The van der Waals surface area contributed by atoms with Crippen LogP contribution in [0.2, 0.25) is 10.0 Å². The number of carbonyl (C=O) groups excluding carboxylic acids is 2. The van der Waals surface area contributed by atoms with E-state index in [1.807, 2.05) is 0 Å². The fourth-order valence-electron chi connectivity index (χ4n) is 1.61. The van der Waals surface area contributed by atoms with Crippen LogP contribution in [0.5, 0.6) is 11.5 Å². The van der Waals surface area contributed by atoms with Gasteiger partial charge >= 0.3 is 5.97 Å². The number of rotatable bonds is 4. The summed E-state index contributed by atoms with van der Waals surface area (Å²) in [6.45, 7) is 0. The second-order valence-electron chi connectivity index (χ2n) is 4.02. The predicted molar refractivity (Wildman–Crippen MR) is 79.3 cm³/mol. The number of esters is 1. The average molecular weight is 325 g/mol. The lowest BCUT2D eigenvalue weighted by atomic mass is 10.1. The standard InChI is InChI=1S/C15H10Cl2O4/c1-20-15(19)14(18)12-6-5-11(8-13(12)17)21-10-4-2-3-9(16)7-10/h2-8H,1H3. The molecule has 0 aromatic heterocycles. The zero-order valence-corrected chi connectivity index (χ0v) is 12.4. The second kappa shape index (κ2) is 6.61. The fourth-order valence-corrected chi connectivity index (χ4v) is 2.05. The van der Waals surface area contributed by atoms with E-state index in [9.17, 15) is 9.59 Å². The lowest BCUT2D eigenvalue weighted by molar-refractivity contribution is -0.135. The third-order valence-electron chi connectivity index (χ3n) is 2.59. The topological polar surface area (TPSA) is 52.6 Å². The van der Waals surface area contributed by atoms with Gasteiger partial charge in [0, 0.05) is 16.7 Å². The Balaban J connectivity index is 2.23. The first-order valence-electron chi connectivity index (χ1n) is 5.87. The van der Waals surface area contributed by atoms with E-state index in [4.69, 9.17) is 27.9 Å². The number of hydrogen-bond acceptors (Lipinski definition) is 4. The van der Waals surface area contributed by atoms with E-state index in [-0.39, 0.29) is 10.6 Å². The second-order valence-corrected chi connectivity index (χ2v) is 4.87. The van der Waals surface area contributed by atoms with Crippen molar-refractivity contribution in [3.63, 3.8) is 0 Å². The summed E-state index contributed by atoms with van der Waals surface area (Å²) >= 11 is 11.8. The van der Waals surface area contributed by atoms with E-state index in [2.05, 4.69) is 4.74 Å². The molecule has 0 aliphatic heterocycles. The highest BCUT2D eigenvalue weighted by Gasteiger charge is 2.20. The fraction of sp³-hybridized carbons (Fsp3) is 0.0667. The van der Waals surface area contributed by atoms with Crippen LogP contribution in [-0.4, -0.2) is 18.9 Å². The van der Waals surface area contributed by atoms with Crippen molar-refractivity contribution in [3.05, 3.63) is 58.1 Å². The molecule has 6 heteroatoms. The molecule has 0 aliphatic carbocycles. The van der Waals surface area contributed by atoms with Crippen LogP contribution in [0.15, 0.2) is 42.5 Å². The van der Waals surface area contributed by atoms with Crippen molar-refractivity contribution in [2.24, 2.45) is 0 Å². The van der Waals surface area contributed by atoms with Gasteiger partial charge in [-0.05, 0) is 30.3 Å². The monoisotopic (exact) mass is 324 g/mol. The molecule has 0 saturated heterocycles. The third-order valence-corrected chi connectivity index (χ3v) is 3.14. The number of ketones is 1. The Morgan fingerprint density at radius 1 is 1.00 bits per heavy atom. The van der Waals surface area contributed by atoms with Crippen LogP contribution in [0.1, 0.15) is 10.4 Å². The zero-order valence-electron chi connectivity index (χ0n) is 10.9. The van der Waals surface area contributed by atoms with Gasteiger partial charge in [-0.15, -0.1) is 0 Å². The lowest BCUT2D eigenvalue weighted by Gasteiger charge is -2.08. The van der Waals surface area contributed by atoms with E-state index in [0.29, 0.717) is 16.5 Å². The number of carbonyl (C=O) groups is 2. The molecule has 108 valence electrons. The van der Waals surface area contributed by atoms with Gasteiger partial charge in [0.25, 0.3) is 5.78 Å². The predicted octanol–water partition coefficient (Wildman–Crippen LogP) is 4.14. The van der Waals surface area contributed by atoms with Crippen LogP contribution >= 0.6 is 23.2 Å². The molecule has 0 unspecified atom stereocenters. The Morgan fingerprint density at radius 3 is 2.33 bits per heavy atom. The number of benzene rings is 2. The summed E-state index contributed by atoms with van der Waals surface area (Å²) in [6, 6.07) is 11.2. The smallest absolute Gasteiger partial charge is 0.379 e. The number of methoxy groups -OCH3 is 1. The Bertz CT molecular complexity index is 698. The molecule has 2 aromatic carbocycles. The number of halogens is 2. The summed E-state index contributed by atoms with van der Waals surface area (Å²) in [5, 5.41) is 0.640. The van der Waals surface area contributed by atoms with Crippen molar-refractivity contribution in [1.29, 1.82) is 0 Å². The summed E-state index contributed by atoms with van der Waals surface area (Å²) in [6.07, 6.45) is 0. The maximum atomic E-state index is 11.7. The Labute approximate surface area is 131 Å². The minimum Gasteiger partial charge on any atom is -0.463 e. The van der Waals surface area contributed by atoms with Gasteiger partial charge in [0.2, 0.25) is 0 Å². The van der Waals surface area contributed by atoms with Gasteiger partial charge < -0.3 is 9.47 Å². The van der Waals surface area contributed by atoms with Crippen LogP contribution in [0.25, 0.3) is 0 Å². The van der Waals surface area contributed by atoms with Gasteiger partial charge in [-0.3, -0.25) is 4.79 Å². The third kappa shape index (κ3) is 3.74. The molecule has 0 saturated carbocycles. The SMILES string of the molecule is COC(=O)C(=O)c1ccc(Oc2cccc(Cl)c2)cc1Cl. The number of ether oxygens (including phenoxy) is 2. The van der Waals surface area contributed by atoms with E-state index < -0.39 is 11.8 Å². The van der Waals surface area contributed by atoms with Gasteiger partial charge in [0.05, 0.1) is 12.1 Å². The minimum absolute atomic E-state index is 0.0574. The lowest BCUT2D eigenvalue weighted by Crippen LogP contribution is -2.16. The molecule has 0 fully saturated rings. The van der Waals surface area contributed by atoms with Crippen LogP contribution in [0.4, 0.5) is 0 Å². The molecule has 2 rings (SSSR count). The van der Waals surface area contributed by atoms with Crippen LogP contribution in [0.3, 0.4) is 0 Å². The molecule has 0 N–H and O–H groups in total. The largest absolute Gasteiger partial charge is 0.463 e.